The van der Waals surface area contributed by atoms with Crippen molar-refractivity contribution in [1.29, 1.82) is 0 Å². The van der Waals surface area contributed by atoms with Crippen molar-refractivity contribution in [2.24, 2.45) is 0 Å². The fourth-order valence-corrected chi connectivity index (χ4v) is 3.40. The monoisotopic (exact) mass is 658 g/mol. The van der Waals surface area contributed by atoms with Gasteiger partial charge in [0.05, 0.1) is 0 Å². The third kappa shape index (κ3) is 5.08. The first kappa shape index (κ1) is 34.8. The van der Waals surface area contributed by atoms with Crippen LogP contribution in [0, 0.1) is 0 Å². The topological polar surface area (TPSA) is 50.7 Å². The summed E-state index contributed by atoms with van der Waals surface area (Å²) in [6.07, 6.45) is -47.9. The summed E-state index contributed by atoms with van der Waals surface area (Å²) >= 11 is 0. The van der Waals surface area contributed by atoms with Crippen molar-refractivity contribution in [3.8, 4) is 0 Å². The SMILES string of the molecule is FC(F)(F)C(F)(F)C(c1nc(Nc2ccccc2)nc(C(C(F)(F)F)(C(F)(F)F)C(F)(F)F)n1)(C(F)(F)F)C(F)(F)F. The highest BCUT2D eigenvalue weighted by atomic mass is 19.4. The number of halogens is 20. The van der Waals surface area contributed by atoms with E-state index in [2.05, 4.69) is 0 Å². The molecule has 0 amide bonds. The van der Waals surface area contributed by atoms with Gasteiger partial charge in [0.15, 0.2) is 11.6 Å². The summed E-state index contributed by atoms with van der Waals surface area (Å²) in [5, 5.41) is 1.25. The van der Waals surface area contributed by atoms with Crippen molar-refractivity contribution in [2.45, 2.75) is 53.8 Å². The molecule has 0 saturated carbocycles. The largest absolute Gasteiger partial charge is 0.455 e. The zero-order valence-electron chi connectivity index (χ0n) is 18.8. The Hall–Kier alpha value is -3.37. The minimum atomic E-state index is -8.30. The molecule has 0 atom stereocenters. The molecule has 1 aromatic heterocycles. The standard InChI is InChI=1S/C18H6F20N4/c19-12(20,18(36,37)38)10(13(21,22)23,14(24,25)26)7-40-8(42-9(41-7)39-6-4-2-1-3-5-6)11(15(27,28)29,16(30,31)32)17(33,34)35/h1-5H,(H,39,40,41,42). The van der Waals surface area contributed by atoms with Crippen LogP contribution in [0.25, 0.3) is 0 Å². The Kier molecular flexibility index (Phi) is 8.16. The summed E-state index contributed by atoms with van der Waals surface area (Å²) in [7, 11) is 0. The average Bonchev–Trinajstić information content (AvgIpc) is 2.68. The van der Waals surface area contributed by atoms with Crippen LogP contribution in [0.15, 0.2) is 30.3 Å². The highest BCUT2D eigenvalue weighted by molar-refractivity contribution is 5.53. The molecule has 1 heterocycles. The number of anilines is 2. The van der Waals surface area contributed by atoms with Crippen LogP contribution in [-0.4, -0.2) is 57.9 Å². The van der Waals surface area contributed by atoms with Gasteiger partial charge in [0.1, 0.15) is 0 Å². The Labute approximate surface area is 216 Å². The van der Waals surface area contributed by atoms with E-state index in [9.17, 15) is 87.8 Å². The summed E-state index contributed by atoms with van der Waals surface area (Å²) in [6, 6.07) is 4.10. The van der Waals surface area contributed by atoms with Crippen LogP contribution in [0.4, 0.5) is 99.4 Å². The molecule has 0 radical (unpaired) electrons. The number of benzene rings is 1. The number of nitrogens with one attached hydrogen (secondary N) is 1. The molecule has 0 aliphatic heterocycles. The van der Waals surface area contributed by atoms with E-state index in [-0.39, 0.29) is 0 Å². The van der Waals surface area contributed by atoms with Gasteiger partial charge >= 0.3 is 48.4 Å². The van der Waals surface area contributed by atoms with Gasteiger partial charge in [-0.1, -0.05) is 18.2 Å². The molecule has 0 fully saturated rings. The van der Waals surface area contributed by atoms with Gasteiger partial charge in [-0.05, 0) is 12.1 Å². The second kappa shape index (κ2) is 9.84. The average molecular weight is 658 g/mol. The summed E-state index contributed by atoms with van der Waals surface area (Å²) < 4.78 is 273. The first-order valence-electron chi connectivity index (χ1n) is 9.78. The molecule has 0 saturated heterocycles. The third-order valence-electron chi connectivity index (χ3n) is 5.29. The van der Waals surface area contributed by atoms with Crippen molar-refractivity contribution in [1.82, 2.24) is 15.0 Å². The molecule has 4 nitrogen and oxygen atoms in total. The number of nitrogens with zero attached hydrogens (tertiary/aromatic N) is 3. The molecular formula is C18H6F20N4. The number of aromatic nitrogens is 3. The maximum absolute atomic E-state index is 14.3. The second-order valence-corrected chi connectivity index (χ2v) is 7.86. The lowest BCUT2D eigenvalue weighted by Crippen LogP contribution is -2.70. The molecule has 238 valence electrons. The van der Waals surface area contributed by atoms with E-state index in [1.54, 1.807) is 0 Å². The van der Waals surface area contributed by atoms with E-state index in [1.807, 2.05) is 9.97 Å². The first-order chi connectivity index (χ1) is 18.4. The molecule has 24 heteroatoms. The van der Waals surface area contributed by atoms with Crippen LogP contribution in [0.5, 0.6) is 0 Å². The smallest absolute Gasteiger partial charge is 0.324 e. The second-order valence-electron chi connectivity index (χ2n) is 7.86. The number of hydrogen-bond donors (Lipinski definition) is 1. The Morgan fingerprint density at radius 3 is 1.05 bits per heavy atom. The molecule has 0 bridgehead atoms. The van der Waals surface area contributed by atoms with E-state index in [0.29, 0.717) is 12.1 Å². The van der Waals surface area contributed by atoms with E-state index < -0.39 is 77.1 Å². The van der Waals surface area contributed by atoms with Gasteiger partial charge in [0.2, 0.25) is 5.95 Å². The quantitative estimate of drug-likeness (QED) is 0.330. The summed E-state index contributed by atoms with van der Waals surface area (Å²) in [5.41, 5.74) is -16.5. The van der Waals surface area contributed by atoms with Crippen molar-refractivity contribution in [3.63, 3.8) is 0 Å². The van der Waals surface area contributed by atoms with Crippen LogP contribution in [0.3, 0.4) is 0 Å². The van der Waals surface area contributed by atoms with Gasteiger partial charge in [0.25, 0.3) is 5.41 Å². The number of para-hydroxylation sites is 1. The van der Waals surface area contributed by atoms with E-state index in [4.69, 9.17) is 0 Å². The molecule has 0 unspecified atom stereocenters. The lowest BCUT2D eigenvalue weighted by Gasteiger charge is -2.42. The molecular weight excluding hydrogens is 652 g/mol. The predicted molar refractivity (Wildman–Crippen MR) is 94.2 cm³/mol. The van der Waals surface area contributed by atoms with Crippen LogP contribution in [0.1, 0.15) is 11.6 Å². The van der Waals surface area contributed by atoms with Gasteiger partial charge < -0.3 is 5.32 Å². The minimum Gasteiger partial charge on any atom is -0.324 e. The fourth-order valence-electron chi connectivity index (χ4n) is 3.40. The van der Waals surface area contributed by atoms with Crippen LogP contribution in [-0.2, 0) is 10.8 Å². The molecule has 0 spiro atoms. The Bertz CT molecular complexity index is 1200. The number of alkyl halides is 20. The van der Waals surface area contributed by atoms with E-state index in [1.165, 1.54) is 10.3 Å². The maximum Gasteiger partial charge on any atom is 0.455 e. The summed E-state index contributed by atoms with van der Waals surface area (Å²) in [6.45, 7) is 0. The van der Waals surface area contributed by atoms with E-state index in [0.717, 1.165) is 18.2 Å². The van der Waals surface area contributed by atoms with Crippen molar-refractivity contribution >= 4 is 11.6 Å². The van der Waals surface area contributed by atoms with Gasteiger partial charge in [-0.15, -0.1) is 0 Å². The maximum atomic E-state index is 14.3. The lowest BCUT2D eigenvalue weighted by molar-refractivity contribution is -0.416. The minimum absolute atomic E-state index is 0.638. The van der Waals surface area contributed by atoms with Crippen molar-refractivity contribution in [3.05, 3.63) is 42.0 Å². The summed E-state index contributed by atoms with van der Waals surface area (Å²) in [4.78, 5) is 5.08. The molecule has 0 aliphatic rings. The Morgan fingerprint density at radius 1 is 0.405 bits per heavy atom. The fraction of sp³-hybridized carbons (Fsp3) is 0.500. The lowest BCUT2D eigenvalue weighted by atomic mass is 9.77. The van der Waals surface area contributed by atoms with E-state index >= 15 is 0 Å². The first-order valence-corrected chi connectivity index (χ1v) is 9.78. The van der Waals surface area contributed by atoms with Gasteiger partial charge in [-0.3, -0.25) is 0 Å². The highest BCUT2D eigenvalue weighted by Gasteiger charge is 2.92. The van der Waals surface area contributed by atoms with Crippen LogP contribution in [0.2, 0.25) is 0 Å². The van der Waals surface area contributed by atoms with Crippen LogP contribution >= 0.6 is 0 Å². The Morgan fingerprint density at radius 2 is 0.738 bits per heavy atom. The highest BCUT2D eigenvalue weighted by Crippen LogP contribution is 2.64. The summed E-state index contributed by atoms with van der Waals surface area (Å²) in [5.74, 6) is -19.4. The molecule has 2 aromatic rings. The zero-order valence-corrected chi connectivity index (χ0v) is 18.8. The molecule has 1 aromatic carbocycles. The number of hydrogen-bond acceptors (Lipinski definition) is 4. The molecule has 2 rings (SSSR count). The zero-order chi connectivity index (χ0) is 33.2. The van der Waals surface area contributed by atoms with Crippen molar-refractivity contribution < 1.29 is 87.8 Å². The van der Waals surface area contributed by atoms with Crippen molar-refractivity contribution in [2.75, 3.05) is 5.32 Å². The molecule has 1 N–H and O–H groups in total. The number of rotatable bonds is 5. The normalized spacial score (nSPS) is 15.1. The van der Waals surface area contributed by atoms with Gasteiger partial charge in [-0.25, -0.2) is 4.98 Å². The molecule has 42 heavy (non-hydrogen) atoms. The molecule has 0 aliphatic carbocycles. The van der Waals surface area contributed by atoms with Crippen LogP contribution < -0.4 is 5.32 Å². The third-order valence-corrected chi connectivity index (χ3v) is 5.29. The van der Waals surface area contributed by atoms with Gasteiger partial charge in [0, 0.05) is 5.69 Å². The predicted octanol–water partition coefficient (Wildman–Crippen LogP) is 8.10. The Balaban J connectivity index is 3.37. The van der Waals surface area contributed by atoms with Gasteiger partial charge in [-0.2, -0.15) is 97.8 Å².